The Labute approximate surface area is 89.6 Å². The van der Waals surface area contributed by atoms with Crippen molar-refractivity contribution in [3.05, 3.63) is 17.5 Å². The van der Waals surface area contributed by atoms with Crippen LogP contribution in [0.4, 0.5) is 0 Å². The van der Waals surface area contributed by atoms with E-state index < -0.39 is 0 Å². The molecule has 3 N–H and O–H groups in total. The van der Waals surface area contributed by atoms with Gasteiger partial charge in [0.1, 0.15) is 6.04 Å². The number of nitrogens with zero attached hydrogens (tertiary/aromatic N) is 2. The number of hydrogen-bond donors (Lipinski definition) is 2. The predicted molar refractivity (Wildman–Crippen MR) is 58.0 cm³/mol. The lowest BCUT2D eigenvalue weighted by atomic mass is 10.1. The van der Waals surface area contributed by atoms with Gasteiger partial charge >= 0.3 is 0 Å². The Bertz CT molecular complexity index is 345. The summed E-state index contributed by atoms with van der Waals surface area (Å²) in [6, 6.07) is 1.65. The van der Waals surface area contributed by atoms with Crippen molar-refractivity contribution in [2.75, 3.05) is 0 Å². The molecule has 0 saturated carbocycles. The van der Waals surface area contributed by atoms with Crippen molar-refractivity contribution >= 4 is 5.91 Å². The number of carbonyl (C=O) groups is 1. The molecule has 5 nitrogen and oxygen atoms in total. The average molecular weight is 210 g/mol. The van der Waals surface area contributed by atoms with Crippen molar-refractivity contribution in [3.63, 3.8) is 0 Å². The van der Waals surface area contributed by atoms with Gasteiger partial charge in [-0.25, -0.2) is 5.84 Å². The second-order valence-corrected chi connectivity index (χ2v) is 3.68. The first kappa shape index (κ1) is 11.7. The number of rotatable bonds is 4. The van der Waals surface area contributed by atoms with Crippen LogP contribution in [0.2, 0.25) is 0 Å². The van der Waals surface area contributed by atoms with Crippen molar-refractivity contribution in [2.24, 2.45) is 5.84 Å². The third kappa shape index (κ3) is 2.56. The molecule has 0 radical (unpaired) electrons. The van der Waals surface area contributed by atoms with Gasteiger partial charge in [0, 0.05) is 5.69 Å². The third-order valence-corrected chi connectivity index (χ3v) is 2.35. The third-order valence-electron chi connectivity index (χ3n) is 2.35. The van der Waals surface area contributed by atoms with Gasteiger partial charge in [0.05, 0.1) is 5.69 Å². The molecule has 15 heavy (non-hydrogen) atoms. The van der Waals surface area contributed by atoms with Crippen molar-refractivity contribution in [1.29, 1.82) is 0 Å². The lowest BCUT2D eigenvalue weighted by Crippen LogP contribution is -2.37. The molecule has 0 bridgehead atoms. The van der Waals surface area contributed by atoms with Crippen LogP contribution >= 0.6 is 0 Å². The molecule has 0 aliphatic rings. The van der Waals surface area contributed by atoms with Crippen molar-refractivity contribution in [2.45, 2.75) is 39.7 Å². The number of hydrazine groups is 1. The Hall–Kier alpha value is -1.36. The number of nitrogens with two attached hydrogens (primary N) is 1. The number of amides is 1. The Morgan fingerprint density at radius 1 is 1.67 bits per heavy atom. The van der Waals surface area contributed by atoms with E-state index in [2.05, 4.69) is 10.5 Å². The molecule has 1 aromatic rings. The second kappa shape index (κ2) is 4.93. The summed E-state index contributed by atoms with van der Waals surface area (Å²) in [7, 11) is 0. The monoisotopic (exact) mass is 210 g/mol. The van der Waals surface area contributed by atoms with Gasteiger partial charge in [0.2, 0.25) is 0 Å². The summed E-state index contributed by atoms with van der Waals surface area (Å²) in [6.07, 6.45) is 1.65. The van der Waals surface area contributed by atoms with Crippen LogP contribution in [-0.4, -0.2) is 15.7 Å². The summed E-state index contributed by atoms with van der Waals surface area (Å²) in [6.45, 7) is 5.88. The van der Waals surface area contributed by atoms with Crippen LogP contribution in [0.3, 0.4) is 0 Å². The fourth-order valence-electron chi connectivity index (χ4n) is 1.70. The largest absolute Gasteiger partial charge is 0.292 e. The Balaban J connectivity index is 2.98. The quantitative estimate of drug-likeness (QED) is 0.439. The molecular formula is C10H18N4O. The normalized spacial score (nSPS) is 12.5. The van der Waals surface area contributed by atoms with Crippen molar-refractivity contribution < 1.29 is 4.79 Å². The highest BCUT2D eigenvalue weighted by Gasteiger charge is 2.20. The van der Waals surface area contributed by atoms with Crippen LogP contribution in [0.15, 0.2) is 6.07 Å². The minimum atomic E-state index is -0.298. The summed E-state index contributed by atoms with van der Waals surface area (Å²) < 4.78 is 1.74. The maximum absolute atomic E-state index is 11.6. The zero-order valence-corrected chi connectivity index (χ0v) is 9.45. The van der Waals surface area contributed by atoms with E-state index in [0.717, 1.165) is 24.2 Å². The number of aromatic nitrogens is 2. The van der Waals surface area contributed by atoms with E-state index in [0.29, 0.717) is 0 Å². The first-order valence-electron chi connectivity index (χ1n) is 5.13. The van der Waals surface area contributed by atoms with Gasteiger partial charge in [-0.15, -0.1) is 0 Å². The summed E-state index contributed by atoms with van der Waals surface area (Å²) in [4.78, 5) is 11.6. The van der Waals surface area contributed by atoms with Gasteiger partial charge in [-0.05, 0) is 26.3 Å². The van der Waals surface area contributed by atoms with Crippen molar-refractivity contribution in [1.82, 2.24) is 15.2 Å². The number of nitrogens with one attached hydrogen (secondary N) is 1. The number of hydrogen-bond acceptors (Lipinski definition) is 3. The molecule has 1 unspecified atom stereocenters. The molecule has 1 amide bonds. The lowest BCUT2D eigenvalue weighted by Gasteiger charge is -2.16. The van der Waals surface area contributed by atoms with E-state index in [-0.39, 0.29) is 11.9 Å². The number of aryl methyl sites for hydroxylation is 2. The van der Waals surface area contributed by atoms with Crippen LogP contribution < -0.4 is 11.3 Å². The Kier molecular flexibility index (Phi) is 3.85. The van der Waals surface area contributed by atoms with E-state index in [1.165, 1.54) is 0 Å². The van der Waals surface area contributed by atoms with Gasteiger partial charge < -0.3 is 0 Å². The SMILES string of the molecule is CCCC(C(=O)NN)n1nc(C)cc1C. The van der Waals surface area contributed by atoms with Gasteiger partial charge in [-0.2, -0.15) is 5.10 Å². The minimum absolute atomic E-state index is 0.192. The van der Waals surface area contributed by atoms with Gasteiger partial charge in [-0.1, -0.05) is 13.3 Å². The number of carbonyl (C=O) groups excluding carboxylic acids is 1. The molecule has 1 rings (SSSR count). The molecule has 0 spiro atoms. The van der Waals surface area contributed by atoms with Crippen LogP contribution in [-0.2, 0) is 4.79 Å². The van der Waals surface area contributed by atoms with Gasteiger partial charge in [0.15, 0.2) is 0 Å². The maximum atomic E-state index is 11.6. The standard InChI is InChI=1S/C10H18N4O/c1-4-5-9(10(15)12-11)14-8(3)6-7(2)13-14/h6,9H,4-5,11H2,1-3H3,(H,12,15). The highest BCUT2D eigenvalue weighted by molar-refractivity contribution is 5.79. The maximum Gasteiger partial charge on any atom is 0.258 e. The zero-order chi connectivity index (χ0) is 11.4. The summed E-state index contributed by atoms with van der Waals surface area (Å²) >= 11 is 0. The predicted octanol–water partition coefficient (Wildman–Crippen LogP) is 0.831. The molecule has 0 aliphatic carbocycles. The minimum Gasteiger partial charge on any atom is -0.292 e. The van der Waals surface area contributed by atoms with E-state index in [1.54, 1.807) is 4.68 Å². The summed E-state index contributed by atoms with van der Waals surface area (Å²) in [5.41, 5.74) is 4.08. The summed E-state index contributed by atoms with van der Waals surface area (Å²) in [5, 5.41) is 4.30. The van der Waals surface area contributed by atoms with E-state index in [9.17, 15) is 4.79 Å². The first-order valence-corrected chi connectivity index (χ1v) is 5.13. The van der Waals surface area contributed by atoms with Crippen molar-refractivity contribution in [3.8, 4) is 0 Å². The van der Waals surface area contributed by atoms with Crippen LogP contribution in [0.1, 0.15) is 37.2 Å². The van der Waals surface area contributed by atoms with Crippen LogP contribution in [0.5, 0.6) is 0 Å². The molecule has 0 fully saturated rings. The molecule has 0 aliphatic heterocycles. The van der Waals surface area contributed by atoms with Crippen LogP contribution in [0.25, 0.3) is 0 Å². The smallest absolute Gasteiger partial charge is 0.258 e. The molecule has 1 aromatic heterocycles. The topological polar surface area (TPSA) is 72.9 Å². The molecule has 0 saturated heterocycles. The lowest BCUT2D eigenvalue weighted by molar-refractivity contribution is -0.124. The summed E-state index contributed by atoms with van der Waals surface area (Å²) in [5.74, 6) is 4.97. The molecule has 1 heterocycles. The zero-order valence-electron chi connectivity index (χ0n) is 9.45. The Morgan fingerprint density at radius 3 is 2.73 bits per heavy atom. The Morgan fingerprint density at radius 2 is 2.33 bits per heavy atom. The first-order chi connectivity index (χ1) is 7.10. The molecule has 5 heteroatoms. The van der Waals surface area contributed by atoms with Crippen LogP contribution in [0, 0.1) is 13.8 Å². The van der Waals surface area contributed by atoms with Gasteiger partial charge in [0.25, 0.3) is 5.91 Å². The van der Waals surface area contributed by atoms with Gasteiger partial charge in [-0.3, -0.25) is 14.9 Å². The highest BCUT2D eigenvalue weighted by Crippen LogP contribution is 2.16. The molecule has 84 valence electrons. The highest BCUT2D eigenvalue weighted by atomic mass is 16.2. The van der Waals surface area contributed by atoms with E-state index in [1.807, 2.05) is 26.8 Å². The fourth-order valence-corrected chi connectivity index (χ4v) is 1.70. The second-order valence-electron chi connectivity index (χ2n) is 3.68. The molecule has 1 atom stereocenters. The molecule has 0 aromatic carbocycles. The van der Waals surface area contributed by atoms with E-state index >= 15 is 0 Å². The molecular weight excluding hydrogens is 192 g/mol. The van der Waals surface area contributed by atoms with E-state index in [4.69, 9.17) is 5.84 Å². The average Bonchev–Trinajstić information content (AvgIpc) is 2.53. The fraction of sp³-hybridized carbons (Fsp3) is 0.600.